The zero-order valence-corrected chi connectivity index (χ0v) is 16.7. The first-order valence-corrected chi connectivity index (χ1v) is 9.34. The molecule has 0 saturated carbocycles. The fourth-order valence-electron chi connectivity index (χ4n) is 2.82. The van der Waals surface area contributed by atoms with Gasteiger partial charge in [0.05, 0.1) is 30.4 Å². The lowest BCUT2D eigenvalue weighted by Gasteiger charge is -2.17. The third-order valence-electron chi connectivity index (χ3n) is 4.23. The van der Waals surface area contributed by atoms with Gasteiger partial charge in [0.25, 0.3) is 5.66 Å². The molecule has 1 N–H and O–H groups in total. The largest absolute Gasteiger partial charge is 0.493 e. The summed E-state index contributed by atoms with van der Waals surface area (Å²) < 4.78 is 35.0. The van der Waals surface area contributed by atoms with Crippen molar-refractivity contribution in [3.05, 3.63) is 59.3 Å². The van der Waals surface area contributed by atoms with Gasteiger partial charge in [-0.2, -0.15) is 13.9 Å². The summed E-state index contributed by atoms with van der Waals surface area (Å²) in [5.41, 5.74) is -1.73. The minimum absolute atomic E-state index is 0.131. The van der Waals surface area contributed by atoms with Crippen LogP contribution in [0.5, 0.6) is 5.75 Å². The van der Waals surface area contributed by atoms with E-state index in [0.717, 1.165) is 0 Å². The molecule has 1 atom stereocenters. The number of rotatable bonds is 7. The second-order valence-corrected chi connectivity index (χ2v) is 7.76. The molecule has 28 heavy (non-hydrogen) atoms. The monoisotopic (exact) mass is 406 g/mol. The highest BCUT2D eigenvalue weighted by Crippen LogP contribution is 2.37. The molecular weight excluding hydrogens is 385 g/mol. The molecule has 0 bridgehead atoms. The number of benzene rings is 2. The molecule has 0 aliphatic heterocycles. The predicted octanol–water partition coefficient (Wildman–Crippen LogP) is 4.74. The summed E-state index contributed by atoms with van der Waals surface area (Å²) in [4.78, 5) is 11.1. The Morgan fingerprint density at radius 1 is 1.29 bits per heavy atom. The molecule has 8 heteroatoms. The Bertz CT molecular complexity index is 1010. The van der Waals surface area contributed by atoms with Crippen LogP contribution in [-0.2, 0) is 12.2 Å². The van der Waals surface area contributed by atoms with Gasteiger partial charge in [-0.05, 0) is 42.3 Å². The first-order valence-electron chi connectivity index (χ1n) is 8.77. The van der Waals surface area contributed by atoms with Crippen LogP contribution in [0.2, 0.25) is 0 Å². The Hall–Kier alpha value is -2.53. The molecule has 0 aliphatic carbocycles. The highest BCUT2D eigenvalue weighted by atomic mass is 31.0. The molecule has 0 spiro atoms. The molecule has 148 valence electrons. The van der Waals surface area contributed by atoms with Gasteiger partial charge in [-0.1, -0.05) is 23.1 Å². The number of carboxylic acids is 1. The van der Waals surface area contributed by atoms with Crippen LogP contribution < -0.4 is 4.74 Å². The van der Waals surface area contributed by atoms with Crippen molar-refractivity contribution in [3.63, 3.8) is 0 Å². The number of nitrogens with zero attached hydrogens (tertiary/aromatic N) is 2. The maximum atomic E-state index is 13.8. The fraction of sp³-hybridized carbons (Fsp3) is 0.300. The van der Waals surface area contributed by atoms with Gasteiger partial charge in [0, 0.05) is 16.5 Å². The summed E-state index contributed by atoms with van der Waals surface area (Å²) in [5, 5.41) is 14.1. The lowest BCUT2D eigenvalue weighted by molar-refractivity contribution is 0.0697. The lowest BCUT2D eigenvalue weighted by Crippen LogP contribution is -2.11. The smallest absolute Gasteiger partial charge is 0.335 e. The number of fused-ring (bicyclic) bond motifs is 1. The van der Waals surface area contributed by atoms with E-state index in [1.165, 1.54) is 24.3 Å². The molecule has 3 rings (SSSR count). The van der Waals surface area contributed by atoms with Crippen molar-refractivity contribution in [3.8, 4) is 5.75 Å². The van der Waals surface area contributed by atoms with Gasteiger partial charge in [-0.25, -0.2) is 4.79 Å². The van der Waals surface area contributed by atoms with E-state index in [4.69, 9.17) is 9.84 Å². The zero-order chi connectivity index (χ0) is 20.5. The fourth-order valence-corrected chi connectivity index (χ4v) is 2.99. The van der Waals surface area contributed by atoms with Crippen LogP contribution in [0.15, 0.2) is 42.6 Å². The average molecular weight is 406 g/mol. The number of aromatic carboxylic acids is 1. The van der Waals surface area contributed by atoms with Crippen molar-refractivity contribution in [2.24, 2.45) is 5.92 Å². The van der Waals surface area contributed by atoms with Crippen LogP contribution in [0.25, 0.3) is 10.9 Å². The van der Waals surface area contributed by atoms with Crippen molar-refractivity contribution in [2.75, 3.05) is 6.61 Å². The summed E-state index contributed by atoms with van der Waals surface area (Å²) in [5.74, 6) is -0.206. The van der Waals surface area contributed by atoms with Crippen LogP contribution in [-0.4, -0.2) is 27.5 Å². The van der Waals surface area contributed by atoms with Crippen molar-refractivity contribution in [1.82, 2.24) is 9.78 Å². The molecule has 1 unspecified atom stereocenters. The first-order chi connectivity index (χ1) is 13.1. The second-order valence-electron chi connectivity index (χ2n) is 7.03. The van der Waals surface area contributed by atoms with E-state index in [9.17, 15) is 13.6 Å². The summed E-state index contributed by atoms with van der Waals surface area (Å²) >= 11 is 0. The van der Waals surface area contributed by atoms with Crippen molar-refractivity contribution < 1.29 is 23.4 Å². The second kappa shape index (κ2) is 7.84. The lowest BCUT2D eigenvalue weighted by atomic mass is 10.1. The Morgan fingerprint density at radius 2 is 2.04 bits per heavy atom. The first kappa shape index (κ1) is 20.2. The number of carboxylic acid groups (broad SMARTS) is 1. The third-order valence-corrected chi connectivity index (χ3v) is 4.56. The van der Waals surface area contributed by atoms with Crippen LogP contribution >= 0.6 is 9.24 Å². The number of hydrogen-bond donors (Lipinski definition) is 1. The SMILES string of the molecule is CC(C)COc1ccc(C(F)(F)P)cc1Cn1ncc2cc(C(=O)O)ccc21. The highest BCUT2D eigenvalue weighted by Gasteiger charge is 2.26. The summed E-state index contributed by atoms with van der Waals surface area (Å²) in [6.07, 6.45) is 1.56. The number of hydrogen-bond acceptors (Lipinski definition) is 3. The van der Waals surface area contributed by atoms with E-state index in [1.54, 1.807) is 32.3 Å². The zero-order valence-electron chi connectivity index (χ0n) is 15.5. The Kier molecular flexibility index (Phi) is 5.66. The Balaban J connectivity index is 1.99. The number of aromatic nitrogens is 2. The van der Waals surface area contributed by atoms with Gasteiger partial charge >= 0.3 is 5.97 Å². The number of ether oxygens (including phenoxy) is 1. The summed E-state index contributed by atoms with van der Waals surface area (Å²) in [7, 11) is 1.54. The normalized spacial score (nSPS) is 11.9. The molecular formula is C20H21F2N2O3P. The summed E-state index contributed by atoms with van der Waals surface area (Å²) in [6.45, 7) is 4.70. The molecule has 0 aliphatic rings. The van der Waals surface area contributed by atoms with Crippen LogP contribution in [0, 0.1) is 5.92 Å². The van der Waals surface area contributed by atoms with E-state index in [0.29, 0.717) is 28.8 Å². The molecule has 2 aromatic carbocycles. The van der Waals surface area contributed by atoms with Crippen molar-refractivity contribution in [1.29, 1.82) is 0 Å². The maximum Gasteiger partial charge on any atom is 0.335 e. The minimum Gasteiger partial charge on any atom is -0.493 e. The van der Waals surface area contributed by atoms with Crippen LogP contribution in [0.4, 0.5) is 8.78 Å². The van der Waals surface area contributed by atoms with Gasteiger partial charge < -0.3 is 9.84 Å². The summed E-state index contributed by atoms with van der Waals surface area (Å²) in [6, 6.07) is 9.01. The molecule has 0 fully saturated rings. The molecule has 0 saturated heterocycles. The standard InChI is InChI=1S/C20H21F2N2O3P/c1-12(2)11-27-18-6-4-16(20(21,22)28)8-15(18)10-24-17-5-3-13(19(25)26)7-14(17)9-23-24/h3-9,12H,10-11,28H2,1-2H3,(H,25,26). The molecule has 3 aromatic rings. The topological polar surface area (TPSA) is 64.4 Å². The maximum absolute atomic E-state index is 13.8. The van der Waals surface area contributed by atoms with E-state index in [-0.39, 0.29) is 23.6 Å². The van der Waals surface area contributed by atoms with E-state index in [1.807, 2.05) is 13.8 Å². The molecule has 0 radical (unpaired) electrons. The number of carbonyl (C=O) groups is 1. The number of alkyl halides is 2. The Labute approximate surface area is 163 Å². The highest BCUT2D eigenvalue weighted by molar-refractivity contribution is 7.17. The molecule has 1 heterocycles. The predicted molar refractivity (Wildman–Crippen MR) is 106 cm³/mol. The average Bonchev–Trinajstić information content (AvgIpc) is 3.01. The van der Waals surface area contributed by atoms with Gasteiger partial charge in [0.15, 0.2) is 0 Å². The van der Waals surface area contributed by atoms with Gasteiger partial charge in [0.2, 0.25) is 0 Å². The quantitative estimate of drug-likeness (QED) is 0.576. The third kappa shape index (κ3) is 4.47. The van der Waals surface area contributed by atoms with Crippen LogP contribution in [0.3, 0.4) is 0 Å². The van der Waals surface area contributed by atoms with E-state index in [2.05, 4.69) is 5.10 Å². The van der Waals surface area contributed by atoms with Gasteiger partial charge in [-0.15, -0.1) is 0 Å². The van der Waals surface area contributed by atoms with Crippen molar-refractivity contribution in [2.45, 2.75) is 26.1 Å². The van der Waals surface area contributed by atoms with E-state index >= 15 is 0 Å². The van der Waals surface area contributed by atoms with Gasteiger partial charge in [-0.3, -0.25) is 4.68 Å². The van der Waals surface area contributed by atoms with E-state index < -0.39 is 11.6 Å². The Morgan fingerprint density at radius 3 is 2.68 bits per heavy atom. The molecule has 5 nitrogen and oxygen atoms in total. The number of halogens is 2. The molecule has 1 aromatic heterocycles. The van der Waals surface area contributed by atoms with Crippen molar-refractivity contribution >= 4 is 26.1 Å². The minimum atomic E-state index is -3.05. The van der Waals surface area contributed by atoms with Crippen LogP contribution in [0.1, 0.15) is 35.3 Å². The molecule has 0 amide bonds. The van der Waals surface area contributed by atoms with Gasteiger partial charge in [0.1, 0.15) is 5.75 Å².